The van der Waals surface area contributed by atoms with Crippen molar-refractivity contribution in [2.45, 2.75) is 51.2 Å². The maximum absolute atomic E-state index is 12.1. The highest BCUT2D eigenvalue weighted by atomic mass is 32.2. The topological polar surface area (TPSA) is 79.0 Å². The number of carbonyl (C=O) groups is 1. The summed E-state index contributed by atoms with van der Waals surface area (Å²) in [6.07, 6.45) is 6.66. The molecule has 0 spiro atoms. The first-order valence-electron chi connectivity index (χ1n) is 7.34. The van der Waals surface area contributed by atoms with Gasteiger partial charge in [-0.15, -0.1) is 0 Å². The lowest BCUT2D eigenvalue weighted by atomic mass is 9.91. The van der Waals surface area contributed by atoms with Crippen LogP contribution in [0.15, 0.2) is 24.5 Å². The third-order valence-corrected chi connectivity index (χ3v) is 5.85. The Morgan fingerprint density at radius 2 is 2.33 bits per heavy atom. The number of ketones is 1. The van der Waals surface area contributed by atoms with E-state index in [9.17, 15) is 9.35 Å². The number of rotatable bonds is 7. The van der Waals surface area contributed by atoms with Crippen LogP contribution in [-0.2, 0) is 11.4 Å². The van der Waals surface area contributed by atoms with Crippen LogP contribution in [0.2, 0.25) is 0 Å². The van der Waals surface area contributed by atoms with Crippen LogP contribution >= 0.6 is 0 Å². The van der Waals surface area contributed by atoms with Gasteiger partial charge in [0.05, 0.1) is 0 Å². The van der Waals surface area contributed by atoms with Crippen LogP contribution in [0.1, 0.15) is 56.8 Å². The van der Waals surface area contributed by atoms with Crippen molar-refractivity contribution in [2.75, 3.05) is 0 Å². The van der Waals surface area contributed by atoms with E-state index in [1.54, 1.807) is 18.5 Å². The molecule has 2 rings (SSSR count). The lowest BCUT2D eigenvalue weighted by molar-refractivity contribution is 0.0976. The molecule has 1 aromatic heterocycles. The van der Waals surface area contributed by atoms with Crippen LogP contribution in [0.5, 0.6) is 0 Å². The van der Waals surface area contributed by atoms with Crippen LogP contribution in [0.25, 0.3) is 0 Å². The molecule has 0 aromatic carbocycles. The molecule has 5 heteroatoms. The molecule has 4 nitrogen and oxygen atoms in total. The van der Waals surface area contributed by atoms with Crippen molar-refractivity contribution in [3.63, 3.8) is 0 Å². The molecule has 0 aliphatic heterocycles. The Morgan fingerprint density at radius 3 is 2.90 bits per heavy atom. The Labute approximate surface area is 129 Å². The molecule has 3 atom stereocenters. The Morgan fingerprint density at radius 1 is 1.62 bits per heavy atom. The third-order valence-electron chi connectivity index (χ3n) is 4.62. The Kier molecular flexibility index (Phi) is 4.76. The second-order valence-electron chi connectivity index (χ2n) is 6.99. The van der Waals surface area contributed by atoms with E-state index in [-0.39, 0.29) is 15.9 Å². The predicted octanol–water partition coefficient (Wildman–Crippen LogP) is 2.86. The molecule has 0 saturated heterocycles. The first-order valence-corrected chi connectivity index (χ1v) is 8.55. The zero-order valence-corrected chi connectivity index (χ0v) is 13.8. The fraction of sp³-hybridized carbons (Fsp3) is 0.625. The average Bonchev–Trinajstić information content (AvgIpc) is 3.06. The van der Waals surface area contributed by atoms with Crippen molar-refractivity contribution in [2.24, 2.45) is 16.5 Å². The molecule has 21 heavy (non-hydrogen) atoms. The number of nitrogens with two attached hydrogens (primary N) is 1. The maximum Gasteiger partial charge on any atom is 0.164 e. The second-order valence-corrected chi connectivity index (χ2v) is 8.69. The van der Waals surface area contributed by atoms with E-state index in [1.165, 1.54) is 0 Å². The fourth-order valence-electron chi connectivity index (χ4n) is 3.19. The van der Waals surface area contributed by atoms with Gasteiger partial charge in [0.25, 0.3) is 0 Å². The summed E-state index contributed by atoms with van der Waals surface area (Å²) in [4.78, 5) is 16.0. The summed E-state index contributed by atoms with van der Waals surface area (Å²) in [7, 11) is 0. The summed E-state index contributed by atoms with van der Waals surface area (Å²) >= 11 is -1.31. The molecule has 0 radical (unpaired) electrons. The molecule has 2 N–H and O–H groups in total. The lowest BCUT2D eigenvalue weighted by Gasteiger charge is -2.27. The highest BCUT2D eigenvalue weighted by Gasteiger charge is 2.54. The molecule has 2 unspecified atom stereocenters. The predicted molar refractivity (Wildman–Crippen MR) is 85.0 cm³/mol. The molecule has 116 valence electrons. The van der Waals surface area contributed by atoms with Crippen LogP contribution in [0.4, 0.5) is 0 Å². The van der Waals surface area contributed by atoms with Crippen molar-refractivity contribution in [3.8, 4) is 0 Å². The smallest absolute Gasteiger partial charge is 0.164 e. The Hall–Kier alpha value is -0.910. The monoisotopic (exact) mass is 308 g/mol. The quantitative estimate of drug-likeness (QED) is 0.620. The lowest BCUT2D eigenvalue weighted by Crippen LogP contribution is -2.39. The Bertz CT molecular complexity index is 504. The maximum atomic E-state index is 12.1. The first kappa shape index (κ1) is 16.5. The zero-order chi connectivity index (χ0) is 15.7. The molecular weight excluding hydrogens is 284 g/mol. The van der Waals surface area contributed by atoms with Crippen LogP contribution < -0.4 is 5.14 Å². The average molecular weight is 308 g/mol. The molecule has 1 saturated carbocycles. The molecule has 0 amide bonds. The van der Waals surface area contributed by atoms with E-state index < -0.39 is 11.4 Å². The number of nitrogens with zero attached hydrogens (tertiary/aromatic N) is 1. The first-order chi connectivity index (χ1) is 9.74. The molecule has 1 aromatic rings. The van der Waals surface area contributed by atoms with Gasteiger partial charge in [-0.1, -0.05) is 6.92 Å². The minimum Gasteiger partial charge on any atom is -0.598 e. The second kappa shape index (κ2) is 6.07. The van der Waals surface area contributed by atoms with E-state index in [0.717, 1.165) is 19.3 Å². The summed E-state index contributed by atoms with van der Waals surface area (Å²) in [6.45, 7) is 6.11. The van der Waals surface area contributed by atoms with Gasteiger partial charge in [0, 0.05) is 42.2 Å². The van der Waals surface area contributed by atoms with Crippen molar-refractivity contribution in [1.82, 2.24) is 4.98 Å². The third kappa shape index (κ3) is 4.05. The van der Waals surface area contributed by atoms with Crippen LogP contribution in [-0.4, -0.2) is 20.1 Å². The van der Waals surface area contributed by atoms with Gasteiger partial charge in [0.15, 0.2) is 5.78 Å². The molecule has 1 fully saturated rings. The van der Waals surface area contributed by atoms with Gasteiger partial charge in [-0.05, 0) is 50.2 Å². The van der Waals surface area contributed by atoms with Gasteiger partial charge in [-0.2, -0.15) is 5.14 Å². The largest absolute Gasteiger partial charge is 0.598 e. The molecule has 1 aliphatic carbocycles. The molecule has 0 bridgehead atoms. The van der Waals surface area contributed by atoms with Crippen LogP contribution in [0.3, 0.4) is 0 Å². The summed E-state index contributed by atoms with van der Waals surface area (Å²) in [5.74, 6) is 0.681. The molecule has 1 aliphatic rings. The summed E-state index contributed by atoms with van der Waals surface area (Å²) in [5.41, 5.74) is 0.858. The Balaban J connectivity index is 1.83. The van der Waals surface area contributed by atoms with Gasteiger partial charge in [-0.3, -0.25) is 9.78 Å². The van der Waals surface area contributed by atoms with Crippen molar-refractivity contribution in [1.29, 1.82) is 0 Å². The van der Waals surface area contributed by atoms with Gasteiger partial charge in [0.1, 0.15) is 4.75 Å². The number of carbonyl (C=O) groups excluding carboxylic acids is 1. The number of Topliss-reactive ketones (excluding diaryl/α,β-unsaturated/α-hetero) is 1. The summed E-state index contributed by atoms with van der Waals surface area (Å²) in [5, 5.41) is 5.56. The van der Waals surface area contributed by atoms with E-state index >= 15 is 0 Å². The number of pyridine rings is 1. The standard InChI is InChI=1S/C16H24N2O2S/c1-15(2,21(17)20)11-16(3)9-13(16)6-7-14(19)12-5-4-8-18-10-12/h4-5,8,10,13H,6-7,9,11,17H2,1-3H3/t13?,16?,21-/m1/s1. The minimum atomic E-state index is -1.31. The molecular formula is C16H24N2O2S. The van der Waals surface area contributed by atoms with Gasteiger partial charge in [-0.25, -0.2) is 0 Å². The number of hydrogen-bond donors (Lipinski definition) is 1. The highest BCUT2D eigenvalue weighted by Crippen LogP contribution is 2.59. The van der Waals surface area contributed by atoms with E-state index in [4.69, 9.17) is 5.14 Å². The van der Waals surface area contributed by atoms with E-state index in [0.29, 0.717) is 17.9 Å². The zero-order valence-electron chi connectivity index (χ0n) is 13.0. The SMILES string of the molecule is CC1(CC(C)(C)[S@+](N)[O-])CC1CCC(=O)c1cccnc1. The van der Waals surface area contributed by atoms with Gasteiger partial charge < -0.3 is 4.55 Å². The minimum absolute atomic E-state index is 0.152. The van der Waals surface area contributed by atoms with Crippen molar-refractivity contribution >= 4 is 17.1 Å². The molecule has 1 heterocycles. The normalized spacial score (nSPS) is 26.4. The highest BCUT2D eigenvalue weighted by molar-refractivity contribution is 7.90. The van der Waals surface area contributed by atoms with E-state index in [1.807, 2.05) is 19.9 Å². The van der Waals surface area contributed by atoms with E-state index in [2.05, 4.69) is 11.9 Å². The summed E-state index contributed by atoms with van der Waals surface area (Å²) < 4.78 is 11.2. The summed E-state index contributed by atoms with van der Waals surface area (Å²) in [6, 6.07) is 3.59. The fourth-order valence-corrected chi connectivity index (χ4v) is 3.66. The van der Waals surface area contributed by atoms with Crippen LogP contribution in [0, 0.1) is 11.3 Å². The number of aromatic nitrogens is 1. The van der Waals surface area contributed by atoms with Gasteiger partial charge in [0.2, 0.25) is 0 Å². The van der Waals surface area contributed by atoms with Crippen molar-refractivity contribution < 1.29 is 9.35 Å². The number of hydrogen-bond acceptors (Lipinski definition) is 4. The van der Waals surface area contributed by atoms with Gasteiger partial charge >= 0.3 is 0 Å². The van der Waals surface area contributed by atoms with Crippen molar-refractivity contribution in [3.05, 3.63) is 30.1 Å².